The minimum absolute atomic E-state index is 0.283. The van der Waals surface area contributed by atoms with E-state index >= 15 is 0 Å². The van der Waals surface area contributed by atoms with Crippen molar-refractivity contribution in [2.75, 3.05) is 5.32 Å². The van der Waals surface area contributed by atoms with E-state index in [-0.39, 0.29) is 5.02 Å². The van der Waals surface area contributed by atoms with Crippen LogP contribution in [0.2, 0.25) is 5.02 Å². The van der Waals surface area contributed by atoms with Crippen LogP contribution in [-0.2, 0) is 4.74 Å². The number of anilines is 1. The zero-order valence-electron chi connectivity index (χ0n) is 11.6. The number of carbonyl (C=O) groups is 1. The minimum Gasteiger partial charge on any atom is -0.444 e. The lowest BCUT2D eigenvalue weighted by Crippen LogP contribution is -2.27. The zero-order chi connectivity index (χ0) is 15.6. The molecule has 2 aromatic rings. The van der Waals surface area contributed by atoms with Crippen LogP contribution in [0.25, 0.3) is 11.3 Å². The van der Waals surface area contributed by atoms with Gasteiger partial charge in [0.1, 0.15) is 5.60 Å². The fraction of sp³-hybridized carbons (Fsp3) is 0.308. The highest BCUT2D eigenvalue weighted by Gasteiger charge is 2.18. The molecule has 2 heterocycles. The van der Waals surface area contributed by atoms with Crippen molar-refractivity contribution in [1.29, 1.82) is 0 Å². The smallest absolute Gasteiger partial charge is 0.413 e. The standard InChI is InChI=1S/C13H13ClFN3O2S/c1-13(2,3)20-12(19)18-11-17-9(6-21-11)7-4-10(15)16-5-8(7)14/h4-6H,1-3H3,(H,17,18,19). The fourth-order valence-electron chi connectivity index (χ4n) is 1.46. The van der Waals surface area contributed by atoms with E-state index in [4.69, 9.17) is 16.3 Å². The summed E-state index contributed by atoms with van der Waals surface area (Å²) >= 11 is 7.14. The van der Waals surface area contributed by atoms with Crippen molar-refractivity contribution in [3.8, 4) is 11.3 Å². The number of nitrogens with zero attached hydrogens (tertiary/aromatic N) is 2. The van der Waals surface area contributed by atoms with Gasteiger partial charge in [0.15, 0.2) is 5.13 Å². The molecule has 0 bridgehead atoms. The largest absolute Gasteiger partial charge is 0.444 e. The van der Waals surface area contributed by atoms with Gasteiger partial charge in [0, 0.05) is 23.2 Å². The summed E-state index contributed by atoms with van der Waals surface area (Å²) in [5.41, 5.74) is 0.275. The maximum absolute atomic E-state index is 13.2. The number of amides is 1. The van der Waals surface area contributed by atoms with Crippen LogP contribution in [0.5, 0.6) is 0 Å². The van der Waals surface area contributed by atoms with Gasteiger partial charge < -0.3 is 4.74 Å². The third-order valence-electron chi connectivity index (χ3n) is 2.21. The summed E-state index contributed by atoms with van der Waals surface area (Å²) in [7, 11) is 0. The summed E-state index contributed by atoms with van der Waals surface area (Å²) in [6.45, 7) is 5.29. The molecular weight excluding hydrogens is 317 g/mol. The van der Waals surface area contributed by atoms with Crippen LogP contribution < -0.4 is 5.32 Å². The quantitative estimate of drug-likeness (QED) is 0.832. The molecule has 0 aliphatic heterocycles. The van der Waals surface area contributed by atoms with E-state index in [1.54, 1.807) is 26.2 Å². The van der Waals surface area contributed by atoms with Crippen LogP contribution in [0, 0.1) is 5.95 Å². The molecule has 0 aliphatic rings. The lowest BCUT2D eigenvalue weighted by molar-refractivity contribution is 0.0636. The van der Waals surface area contributed by atoms with Crippen LogP contribution in [0.4, 0.5) is 14.3 Å². The van der Waals surface area contributed by atoms with Crippen molar-refractivity contribution < 1.29 is 13.9 Å². The summed E-state index contributed by atoms with van der Waals surface area (Å²) in [5.74, 6) is -0.649. The molecule has 2 aromatic heterocycles. The van der Waals surface area contributed by atoms with E-state index in [2.05, 4.69) is 15.3 Å². The molecule has 21 heavy (non-hydrogen) atoms. The Kier molecular flexibility index (Phi) is 4.43. The predicted molar refractivity (Wildman–Crippen MR) is 80.2 cm³/mol. The van der Waals surface area contributed by atoms with E-state index in [0.29, 0.717) is 16.4 Å². The van der Waals surface area contributed by atoms with Crippen LogP contribution in [0.3, 0.4) is 0 Å². The first kappa shape index (κ1) is 15.7. The van der Waals surface area contributed by atoms with Gasteiger partial charge in [0.25, 0.3) is 0 Å². The molecule has 0 atom stereocenters. The Hall–Kier alpha value is -1.73. The monoisotopic (exact) mass is 329 g/mol. The Morgan fingerprint density at radius 2 is 2.19 bits per heavy atom. The number of aromatic nitrogens is 2. The van der Waals surface area contributed by atoms with E-state index in [1.165, 1.54) is 23.6 Å². The average Bonchev–Trinajstić information content (AvgIpc) is 2.78. The number of halogens is 2. The normalized spacial score (nSPS) is 11.3. The van der Waals surface area contributed by atoms with Crippen molar-refractivity contribution in [2.45, 2.75) is 26.4 Å². The second kappa shape index (κ2) is 5.95. The fourth-order valence-corrected chi connectivity index (χ4v) is 2.35. The third-order valence-corrected chi connectivity index (χ3v) is 3.27. The van der Waals surface area contributed by atoms with Gasteiger partial charge in [-0.1, -0.05) is 11.6 Å². The molecule has 0 saturated heterocycles. The third kappa shape index (κ3) is 4.37. The minimum atomic E-state index is -0.649. The zero-order valence-corrected chi connectivity index (χ0v) is 13.2. The highest BCUT2D eigenvalue weighted by atomic mass is 35.5. The number of ether oxygens (including phenoxy) is 1. The lowest BCUT2D eigenvalue weighted by atomic mass is 10.2. The molecule has 0 fully saturated rings. The Morgan fingerprint density at radius 1 is 1.48 bits per heavy atom. The highest BCUT2D eigenvalue weighted by molar-refractivity contribution is 7.14. The maximum atomic E-state index is 13.2. The summed E-state index contributed by atoms with van der Waals surface area (Å²) in [4.78, 5) is 19.3. The summed E-state index contributed by atoms with van der Waals surface area (Å²) in [6, 6.07) is 1.19. The maximum Gasteiger partial charge on any atom is 0.413 e. The van der Waals surface area contributed by atoms with E-state index in [1.807, 2.05) is 0 Å². The van der Waals surface area contributed by atoms with Crippen LogP contribution in [0.1, 0.15) is 20.8 Å². The van der Waals surface area contributed by atoms with Crippen molar-refractivity contribution in [3.05, 3.63) is 28.6 Å². The summed E-state index contributed by atoms with van der Waals surface area (Å²) in [6.07, 6.45) is 0.613. The number of hydrogen-bond donors (Lipinski definition) is 1. The number of thiazole rings is 1. The van der Waals surface area contributed by atoms with Gasteiger partial charge >= 0.3 is 6.09 Å². The number of nitrogens with one attached hydrogen (secondary N) is 1. The predicted octanol–water partition coefficient (Wildman–Crippen LogP) is 4.34. The first-order chi connectivity index (χ1) is 9.74. The van der Waals surface area contributed by atoms with Crippen molar-refractivity contribution >= 4 is 34.2 Å². The average molecular weight is 330 g/mol. The Labute approximate surface area is 130 Å². The number of pyridine rings is 1. The molecule has 0 aliphatic carbocycles. The van der Waals surface area contributed by atoms with E-state index in [9.17, 15) is 9.18 Å². The van der Waals surface area contributed by atoms with Gasteiger partial charge in [-0.15, -0.1) is 11.3 Å². The van der Waals surface area contributed by atoms with Gasteiger partial charge in [-0.25, -0.2) is 14.8 Å². The lowest BCUT2D eigenvalue weighted by Gasteiger charge is -2.18. The second-order valence-electron chi connectivity index (χ2n) is 5.15. The number of carbonyl (C=O) groups excluding carboxylic acids is 1. The summed E-state index contributed by atoms with van der Waals surface area (Å²) in [5, 5.41) is 4.80. The molecule has 0 unspecified atom stereocenters. The molecule has 1 amide bonds. The first-order valence-corrected chi connectivity index (χ1v) is 7.27. The van der Waals surface area contributed by atoms with Crippen LogP contribution in [-0.4, -0.2) is 21.7 Å². The van der Waals surface area contributed by atoms with Crippen molar-refractivity contribution in [2.24, 2.45) is 0 Å². The van der Waals surface area contributed by atoms with Gasteiger partial charge in [-0.2, -0.15) is 4.39 Å². The van der Waals surface area contributed by atoms with Crippen LogP contribution in [0.15, 0.2) is 17.6 Å². The molecule has 5 nitrogen and oxygen atoms in total. The molecule has 2 rings (SSSR count). The molecule has 0 radical (unpaired) electrons. The molecule has 1 N–H and O–H groups in total. The molecule has 0 saturated carbocycles. The molecule has 112 valence electrons. The Balaban J connectivity index is 2.15. The Morgan fingerprint density at radius 3 is 2.86 bits per heavy atom. The number of hydrogen-bond acceptors (Lipinski definition) is 5. The first-order valence-electron chi connectivity index (χ1n) is 6.01. The van der Waals surface area contributed by atoms with E-state index in [0.717, 1.165) is 0 Å². The van der Waals surface area contributed by atoms with Gasteiger partial charge in [0.2, 0.25) is 5.95 Å². The molecule has 0 spiro atoms. The SMILES string of the molecule is CC(C)(C)OC(=O)Nc1nc(-c2cc(F)ncc2Cl)cs1. The molecular formula is C13H13ClFN3O2S. The number of rotatable bonds is 2. The highest BCUT2D eigenvalue weighted by Crippen LogP contribution is 2.30. The molecule has 8 heteroatoms. The van der Waals surface area contributed by atoms with Crippen molar-refractivity contribution in [1.82, 2.24) is 9.97 Å². The second-order valence-corrected chi connectivity index (χ2v) is 6.42. The van der Waals surface area contributed by atoms with E-state index < -0.39 is 17.6 Å². The van der Waals surface area contributed by atoms with Gasteiger partial charge in [-0.05, 0) is 20.8 Å². The summed E-state index contributed by atoms with van der Waals surface area (Å²) < 4.78 is 18.3. The van der Waals surface area contributed by atoms with Crippen molar-refractivity contribution in [3.63, 3.8) is 0 Å². The van der Waals surface area contributed by atoms with Gasteiger partial charge in [0.05, 0.1) is 10.7 Å². The van der Waals surface area contributed by atoms with Gasteiger partial charge in [-0.3, -0.25) is 5.32 Å². The topological polar surface area (TPSA) is 64.1 Å². The molecule has 0 aromatic carbocycles. The Bertz CT molecular complexity index is 670. The van der Waals surface area contributed by atoms with Crippen LogP contribution >= 0.6 is 22.9 Å².